The van der Waals surface area contributed by atoms with Crippen LogP contribution in [0.2, 0.25) is 0 Å². The lowest BCUT2D eigenvalue weighted by Crippen LogP contribution is -2.38. The van der Waals surface area contributed by atoms with Gasteiger partial charge in [0.1, 0.15) is 11.6 Å². The van der Waals surface area contributed by atoms with Crippen molar-refractivity contribution in [3.8, 4) is 0 Å². The van der Waals surface area contributed by atoms with E-state index in [4.69, 9.17) is 0 Å². The Hall–Kier alpha value is -1.82. The SMILES string of the molecule is CCCN1C(=O)CC(NCc2ccc(F)cc2F)C1=O. The highest BCUT2D eigenvalue weighted by Crippen LogP contribution is 2.15. The Bertz CT molecular complexity index is 534. The van der Waals surface area contributed by atoms with Gasteiger partial charge < -0.3 is 5.32 Å². The van der Waals surface area contributed by atoms with Gasteiger partial charge in [-0.05, 0) is 12.5 Å². The van der Waals surface area contributed by atoms with Crippen molar-refractivity contribution < 1.29 is 18.4 Å². The van der Waals surface area contributed by atoms with Gasteiger partial charge in [-0.1, -0.05) is 13.0 Å². The second kappa shape index (κ2) is 6.09. The Labute approximate surface area is 115 Å². The molecule has 1 saturated heterocycles. The molecule has 1 fully saturated rings. The summed E-state index contributed by atoms with van der Waals surface area (Å²) in [5, 5.41) is 2.85. The molecule has 6 heteroatoms. The summed E-state index contributed by atoms with van der Waals surface area (Å²) in [6.07, 6.45) is 0.790. The van der Waals surface area contributed by atoms with E-state index in [9.17, 15) is 18.4 Å². The van der Waals surface area contributed by atoms with E-state index < -0.39 is 17.7 Å². The summed E-state index contributed by atoms with van der Waals surface area (Å²) < 4.78 is 26.2. The molecule has 1 aliphatic heterocycles. The number of likely N-dealkylation sites (tertiary alicyclic amines) is 1. The first-order valence-corrected chi connectivity index (χ1v) is 6.54. The molecule has 0 saturated carbocycles. The van der Waals surface area contributed by atoms with Crippen molar-refractivity contribution >= 4 is 11.8 Å². The van der Waals surface area contributed by atoms with Crippen LogP contribution in [0.25, 0.3) is 0 Å². The van der Waals surface area contributed by atoms with Gasteiger partial charge in [0.2, 0.25) is 11.8 Å². The van der Waals surface area contributed by atoms with Gasteiger partial charge in [-0.2, -0.15) is 0 Å². The van der Waals surface area contributed by atoms with Gasteiger partial charge in [-0.25, -0.2) is 8.78 Å². The lowest BCUT2D eigenvalue weighted by Gasteiger charge is -2.14. The number of nitrogens with zero attached hydrogens (tertiary/aromatic N) is 1. The summed E-state index contributed by atoms with van der Waals surface area (Å²) in [6.45, 7) is 2.37. The third-order valence-corrected chi connectivity index (χ3v) is 3.25. The fraction of sp³-hybridized carbons (Fsp3) is 0.429. The smallest absolute Gasteiger partial charge is 0.246 e. The summed E-state index contributed by atoms with van der Waals surface area (Å²) in [7, 11) is 0. The van der Waals surface area contributed by atoms with Gasteiger partial charge in [-0.3, -0.25) is 14.5 Å². The van der Waals surface area contributed by atoms with E-state index >= 15 is 0 Å². The first-order chi connectivity index (χ1) is 9.52. The highest BCUT2D eigenvalue weighted by molar-refractivity contribution is 6.05. The Morgan fingerprint density at radius 3 is 2.75 bits per heavy atom. The molecule has 0 radical (unpaired) electrons. The predicted octanol–water partition coefficient (Wildman–Crippen LogP) is 1.59. The molecule has 1 unspecified atom stereocenters. The topological polar surface area (TPSA) is 49.4 Å². The minimum Gasteiger partial charge on any atom is -0.301 e. The van der Waals surface area contributed by atoms with Crippen molar-refractivity contribution in [1.29, 1.82) is 0 Å². The van der Waals surface area contributed by atoms with Crippen LogP contribution in [0.5, 0.6) is 0 Å². The van der Waals surface area contributed by atoms with E-state index in [2.05, 4.69) is 5.32 Å². The lowest BCUT2D eigenvalue weighted by molar-refractivity contribution is -0.138. The van der Waals surface area contributed by atoms with E-state index in [1.807, 2.05) is 6.92 Å². The van der Waals surface area contributed by atoms with Crippen LogP contribution in [0, 0.1) is 11.6 Å². The summed E-state index contributed by atoms with van der Waals surface area (Å²) in [5.74, 6) is -1.81. The monoisotopic (exact) mass is 282 g/mol. The number of carbonyl (C=O) groups excluding carboxylic acids is 2. The molecule has 2 amide bonds. The molecule has 0 bridgehead atoms. The van der Waals surface area contributed by atoms with Crippen molar-refractivity contribution in [2.75, 3.05) is 6.54 Å². The van der Waals surface area contributed by atoms with Gasteiger partial charge in [0, 0.05) is 24.7 Å². The zero-order valence-electron chi connectivity index (χ0n) is 11.2. The molecule has 108 valence electrons. The first-order valence-electron chi connectivity index (χ1n) is 6.54. The van der Waals surface area contributed by atoms with Crippen LogP contribution in [-0.4, -0.2) is 29.3 Å². The van der Waals surface area contributed by atoms with Crippen LogP contribution < -0.4 is 5.32 Å². The van der Waals surface area contributed by atoms with E-state index in [1.165, 1.54) is 11.0 Å². The number of hydrogen-bond acceptors (Lipinski definition) is 3. The molecule has 0 aromatic heterocycles. The molecule has 2 rings (SSSR count). The van der Waals surface area contributed by atoms with Gasteiger partial charge in [-0.15, -0.1) is 0 Å². The van der Waals surface area contributed by atoms with Crippen molar-refractivity contribution in [3.63, 3.8) is 0 Å². The Morgan fingerprint density at radius 1 is 1.35 bits per heavy atom. The van der Waals surface area contributed by atoms with Gasteiger partial charge >= 0.3 is 0 Å². The molecule has 4 nitrogen and oxygen atoms in total. The van der Waals surface area contributed by atoms with Crippen LogP contribution in [0.15, 0.2) is 18.2 Å². The Balaban J connectivity index is 1.98. The van der Waals surface area contributed by atoms with Crippen LogP contribution >= 0.6 is 0 Å². The maximum absolute atomic E-state index is 13.5. The summed E-state index contributed by atoms with van der Waals surface area (Å²) >= 11 is 0. The number of imide groups is 1. The molecular weight excluding hydrogens is 266 g/mol. The molecule has 1 heterocycles. The maximum Gasteiger partial charge on any atom is 0.246 e. The standard InChI is InChI=1S/C14H16F2N2O2/c1-2-5-18-13(19)7-12(14(18)20)17-8-9-3-4-10(15)6-11(9)16/h3-4,6,12,17H,2,5,7-8H2,1H3. The molecule has 1 aliphatic rings. The predicted molar refractivity (Wildman–Crippen MR) is 68.6 cm³/mol. The average Bonchev–Trinajstić information content (AvgIpc) is 2.66. The summed E-state index contributed by atoms with van der Waals surface area (Å²) in [6, 6.07) is 2.65. The molecule has 0 aliphatic carbocycles. The van der Waals surface area contributed by atoms with E-state index in [-0.39, 0.29) is 30.3 Å². The molecular formula is C14H16F2N2O2. The zero-order chi connectivity index (χ0) is 14.7. The summed E-state index contributed by atoms with van der Waals surface area (Å²) in [4.78, 5) is 24.8. The number of halogens is 2. The zero-order valence-corrected chi connectivity index (χ0v) is 11.2. The number of rotatable bonds is 5. The van der Waals surface area contributed by atoms with Crippen LogP contribution in [0.3, 0.4) is 0 Å². The molecule has 1 aromatic carbocycles. The fourth-order valence-electron chi connectivity index (χ4n) is 2.20. The average molecular weight is 282 g/mol. The van der Waals surface area contributed by atoms with Crippen LogP contribution in [0.4, 0.5) is 8.78 Å². The molecule has 1 N–H and O–H groups in total. The highest BCUT2D eigenvalue weighted by Gasteiger charge is 2.37. The molecule has 0 spiro atoms. The minimum absolute atomic E-state index is 0.0791. The third-order valence-electron chi connectivity index (χ3n) is 3.25. The van der Waals surface area contributed by atoms with E-state index in [1.54, 1.807) is 0 Å². The molecule has 1 atom stereocenters. The minimum atomic E-state index is -0.667. The number of benzene rings is 1. The quantitative estimate of drug-likeness (QED) is 0.834. The fourth-order valence-corrected chi connectivity index (χ4v) is 2.20. The molecule has 20 heavy (non-hydrogen) atoms. The third kappa shape index (κ3) is 3.01. The number of carbonyl (C=O) groups is 2. The second-order valence-electron chi connectivity index (χ2n) is 4.76. The van der Waals surface area contributed by atoms with E-state index in [0.29, 0.717) is 13.0 Å². The van der Waals surface area contributed by atoms with Crippen molar-refractivity contribution in [3.05, 3.63) is 35.4 Å². The largest absolute Gasteiger partial charge is 0.301 e. The van der Waals surface area contributed by atoms with E-state index in [0.717, 1.165) is 12.1 Å². The van der Waals surface area contributed by atoms with Gasteiger partial charge in [0.25, 0.3) is 0 Å². The number of amides is 2. The second-order valence-corrected chi connectivity index (χ2v) is 4.76. The maximum atomic E-state index is 13.5. The Morgan fingerprint density at radius 2 is 2.10 bits per heavy atom. The van der Waals surface area contributed by atoms with Crippen LogP contribution in [0.1, 0.15) is 25.3 Å². The van der Waals surface area contributed by atoms with Crippen molar-refractivity contribution in [2.24, 2.45) is 0 Å². The van der Waals surface area contributed by atoms with Crippen molar-refractivity contribution in [2.45, 2.75) is 32.4 Å². The number of hydrogen-bond donors (Lipinski definition) is 1. The normalized spacial score (nSPS) is 18.9. The molecule has 1 aromatic rings. The van der Waals surface area contributed by atoms with Crippen LogP contribution in [-0.2, 0) is 16.1 Å². The Kier molecular flexibility index (Phi) is 4.44. The van der Waals surface area contributed by atoms with Crippen molar-refractivity contribution in [1.82, 2.24) is 10.2 Å². The highest BCUT2D eigenvalue weighted by atomic mass is 19.1. The lowest BCUT2D eigenvalue weighted by atomic mass is 10.2. The summed E-state index contributed by atoms with van der Waals surface area (Å²) in [5.41, 5.74) is 0.264. The van der Waals surface area contributed by atoms with Gasteiger partial charge in [0.05, 0.1) is 12.5 Å². The number of nitrogens with one attached hydrogen (secondary N) is 1. The first kappa shape index (κ1) is 14.6. The van der Waals surface area contributed by atoms with Gasteiger partial charge in [0.15, 0.2) is 0 Å².